The van der Waals surface area contributed by atoms with Gasteiger partial charge in [0.2, 0.25) is 0 Å². The number of aryl methyl sites for hydroxylation is 1. The van der Waals surface area contributed by atoms with E-state index in [2.05, 4.69) is 28.2 Å². The lowest BCUT2D eigenvalue weighted by molar-refractivity contribution is -0.144. The van der Waals surface area contributed by atoms with Gasteiger partial charge in [0.05, 0.1) is 18.4 Å². The average molecular weight is 585 g/mol. The maximum absolute atomic E-state index is 11.8. The van der Waals surface area contributed by atoms with E-state index >= 15 is 0 Å². The summed E-state index contributed by atoms with van der Waals surface area (Å²) in [6.07, 6.45) is 3.86. The number of hydrogen-bond acceptors (Lipinski definition) is 8. The molecule has 3 atom stereocenters. The zero-order valence-electron chi connectivity index (χ0n) is 25.1. The minimum atomic E-state index is -0.985. The van der Waals surface area contributed by atoms with E-state index in [0.29, 0.717) is 24.2 Å². The quantitative estimate of drug-likeness (QED) is 0.356. The van der Waals surface area contributed by atoms with Gasteiger partial charge in [-0.05, 0) is 80.5 Å². The molecule has 1 fully saturated rings. The van der Waals surface area contributed by atoms with E-state index in [9.17, 15) is 9.90 Å². The van der Waals surface area contributed by atoms with Crippen LogP contribution in [0.5, 0.6) is 5.75 Å². The molecule has 0 radical (unpaired) electrons. The summed E-state index contributed by atoms with van der Waals surface area (Å²) >= 11 is 0. The van der Waals surface area contributed by atoms with Crippen LogP contribution in [0.25, 0.3) is 11.3 Å². The summed E-state index contributed by atoms with van der Waals surface area (Å²) in [6, 6.07) is 18.9. The molecule has 0 saturated carbocycles. The first kappa shape index (κ1) is 29.3. The number of ether oxygens (including phenoxy) is 3. The Morgan fingerprint density at radius 3 is 2.79 bits per heavy atom. The third-order valence-corrected chi connectivity index (χ3v) is 8.40. The van der Waals surface area contributed by atoms with Gasteiger partial charge in [0, 0.05) is 37.5 Å². The Kier molecular flexibility index (Phi) is 8.74. The molecule has 226 valence electrons. The van der Waals surface area contributed by atoms with Crippen LogP contribution in [-0.2, 0) is 33.8 Å². The fourth-order valence-electron chi connectivity index (χ4n) is 6.17. The number of nitrogens with zero attached hydrogens (tertiary/aromatic N) is 4. The number of aromatic nitrogens is 1. The molecule has 1 saturated heterocycles. The zero-order chi connectivity index (χ0) is 29.9. The summed E-state index contributed by atoms with van der Waals surface area (Å²) in [6.45, 7) is 10.0. The van der Waals surface area contributed by atoms with Crippen molar-refractivity contribution in [2.24, 2.45) is 11.0 Å². The summed E-state index contributed by atoms with van der Waals surface area (Å²) in [4.78, 5) is 19.3. The highest BCUT2D eigenvalue weighted by atomic mass is 16.5. The van der Waals surface area contributed by atoms with Gasteiger partial charge in [-0.1, -0.05) is 36.4 Å². The molecular formula is C34H40N4O5. The van der Waals surface area contributed by atoms with Crippen LogP contribution in [-0.4, -0.2) is 65.3 Å². The highest BCUT2D eigenvalue weighted by molar-refractivity contribution is 5.92. The van der Waals surface area contributed by atoms with Gasteiger partial charge in [0.25, 0.3) is 0 Å². The lowest BCUT2D eigenvalue weighted by Gasteiger charge is -2.37. The van der Waals surface area contributed by atoms with Crippen LogP contribution >= 0.6 is 0 Å². The van der Waals surface area contributed by atoms with E-state index in [1.165, 1.54) is 23.8 Å². The fraction of sp³-hybridized carbons (Fsp3) is 0.441. The maximum atomic E-state index is 11.8. The molecule has 0 bridgehead atoms. The Balaban J connectivity index is 1.19. The molecule has 2 unspecified atom stereocenters. The minimum Gasteiger partial charge on any atom is -0.488 e. The number of carbonyl (C=O) groups is 1. The molecular weight excluding hydrogens is 544 g/mol. The zero-order valence-corrected chi connectivity index (χ0v) is 25.1. The number of benzene rings is 2. The van der Waals surface area contributed by atoms with E-state index in [0.717, 1.165) is 61.6 Å². The van der Waals surface area contributed by atoms with Crippen LogP contribution in [0.4, 0.5) is 5.82 Å². The van der Waals surface area contributed by atoms with E-state index in [1.807, 2.05) is 57.2 Å². The Bertz CT molecular complexity index is 1490. The molecule has 9 nitrogen and oxygen atoms in total. The van der Waals surface area contributed by atoms with Gasteiger partial charge in [-0.2, -0.15) is 5.10 Å². The fourth-order valence-corrected chi connectivity index (χ4v) is 6.17. The van der Waals surface area contributed by atoms with Crippen LogP contribution in [0.2, 0.25) is 0 Å². The summed E-state index contributed by atoms with van der Waals surface area (Å²) in [5.74, 6) is -0.580. The molecule has 3 aliphatic heterocycles. The average Bonchev–Trinajstić information content (AvgIpc) is 3.43. The molecule has 3 aliphatic rings. The first-order valence-electron chi connectivity index (χ1n) is 15.2. The first-order chi connectivity index (χ1) is 20.9. The number of carboxylic acids is 1. The van der Waals surface area contributed by atoms with Gasteiger partial charge < -0.3 is 19.3 Å². The van der Waals surface area contributed by atoms with Crippen LogP contribution < -0.4 is 9.75 Å². The topological polar surface area (TPSA) is 96.7 Å². The molecule has 0 spiro atoms. The third kappa shape index (κ3) is 6.44. The number of rotatable bonds is 9. The van der Waals surface area contributed by atoms with Crippen LogP contribution in [0.15, 0.2) is 59.7 Å². The number of hydrogen-bond donors (Lipinski definition) is 1. The molecule has 0 amide bonds. The van der Waals surface area contributed by atoms with Crippen molar-refractivity contribution < 1.29 is 24.1 Å². The predicted molar refractivity (Wildman–Crippen MR) is 165 cm³/mol. The number of para-hydroxylation sites is 1. The molecule has 2 aromatic carbocycles. The van der Waals surface area contributed by atoms with Gasteiger partial charge in [-0.3, -0.25) is 9.69 Å². The highest BCUT2D eigenvalue weighted by Gasteiger charge is 2.39. The smallest absolute Gasteiger partial charge is 0.316 e. The molecule has 6 rings (SSSR count). The van der Waals surface area contributed by atoms with Crippen molar-refractivity contribution in [2.75, 3.05) is 24.8 Å². The second-order valence-electron chi connectivity index (χ2n) is 11.9. The minimum absolute atomic E-state index is 0.176. The summed E-state index contributed by atoms with van der Waals surface area (Å²) in [5.41, 5.74) is 6.53. The summed E-state index contributed by atoms with van der Waals surface area (Å²) in [7, 11) is 0. The summed E-state index contributed by atoms with van der Waals surface area (Å²) in [5, 5.41) is 15.6. The van der Waals surface area contributed by atoms with Gasteiger partial charge >= 0.3 is 5.97 Å². The summed E-state index contributed by atoms with van der Waals surface area (Å²) < 4.78 is 18.2. The Hall–Kier alpha value is -3.79. The number of carboxylic acid groups (broad SMARTS) is 1. The molecule has 9 heteroatoms. The Morgan fingerprint density at radius 1 is 1.14 bits per heavy atom. The third-order valence-electron chi connectivity index (χ3n) is 8.40. The van der Waals surface area contributed by atoms with Gasteiger partial charge in [0.15, 0.2) is 12.0 Å². The van der Waals surface area contributed by atoms with Gasteiger partial charge in [0.1, 0.15) is 18.3 Å². The second-order valence-corrected chi connectivity index (χ2v) is 11.9. The largest absolute Gasteiger partial charge is 0.488 e. The predicted octanol–water partition coefficient (Wildman–Crippen LogP) is 5.43. The van der Waals surface area contributed by atoms with Crippen molar-refractivity contribution in [3.05, 3.63) is 76.9 Å². The van der Waals surface area contributed by atoms with Crippen LogP contribution in [0.1, 0.15) is 48.9 Å². The van der Waals surface area contributed by atoms with Crippen LogP contribution in [0.3, 0.4) is 0 Å². The highest BCUT2D eigenvalue weighted by Crippen LogP contribution is 2.35. The van der Waals surface area contributed by atoms with Gasteiger partial charge in [-0.15, -0.1) is 0 Å². The van der Waals surface area contributed by atoms with Crippen molar-refractivity contribution in [1.82, 2.24) is 9.88 Å². The lowest BCUT2D eigenvalue weighted by atomic mass is 9.95. The number of aliphatic carboxylic acids is 1. The standard InChI is InChI=1S/C34H40N4O5/c1-22(2)43-33-29(34(39)40)18-35-38(33)31-11-5-10-30(36-31)28-9-4-7-23(3)32(28)42-20-24-12-13-26-19-37(15-14-25(26)17-24)27-8-6-16-41-21-27/h4-5,7,9-13,17-18,22,27,29,33H,6,8,14-16,19-21H2,1-3H3,(H,39,40)/t27-,29?,33?/m0/s1. The van der Waals surface area contributed by atoms with Crippen molar-refractivity contribution >= 4 is 18.0 Å². The number of anilines is 1. The SMILES string of the molecule is Cc1cccc(-c2cccc(N3N=CC(C(=O)O)C3OC(C)C)n2)c1OCc1ccc2c(c1)CCN([C@H]1CCCOC1)C2. The second kappa shape index (κ2) is 12.8. The van der Waals surface area contributed by atoms with Crippen molar-refractivity contribution in [2.45, 2.75) is 71.6 Å². The van der Waals surface area contributed by atoms with E-state index in [-0.39, 0.29) is 6.10 Å². The Labute approximate surface area is 253 Å². The molecule has 43 heavy (non-hydrogen) atoms. The molecule has 1 N–H and O–H groups in total. The molecule has 4 heterocycles. The first-order valence-corrected chi connectivity index (χ1v) is 15.2. The van der Waals surface area contributed by atoms with Crippen molar-refractivity contribution in [3.63, 3.8) is 0 Å². The Morgan fingerprint density at radius 2 is 2.00 bits per heavy atom. The normalized spacial score (nSPS) is 22.1. The molecule has 0 aliphatic carbocycles. The number of pyridine rings is 1. The van der Waals surface area contributed by atoms with E-state index in [4.69, 9.17) is 19.2 Å². The van der Waals surface area contributed by atoms with Crippen LogP contribution in [0, 0.1) is 12.8 Å². The van der Waals surface area contributed by atoms with E-state index < -0.39 is 18.1 Å². The van der Waals surface area contributed by atoms with Crippen molar-refractivity contribution in [1.29, 1.82) is 0 Å². The monoisotopic (exact) mass is 584 g/mol. The van der Waals surface area contributed by atoms with Gasteiger partial charge in [-0.25, -0.2) is 9.99 Å². The number of hydrazone groups is 1. The number of fused-ring (bicyclic) bond motifs is 1. The molecule has 1 aromatic heterocycles. The maximum Gasteiger partial charge on any atom is 0.316 e. The van der Waals surface area contributed by atoms with Crippen molar-refractivity contribution in [3.8, 4) is 17.0 Å². The lowest BCUT2D eigenvalue weighted by Crippen LogP contribution is -2.43. The molecule has 3 aromatic rings. The van der Waals surface area contributed by atoms with E-state index in [1.54, 1.807) is 5.01 Å².